The summed E-state index contributed by atoms with van der Waals surface area (Å²) in [5, 5.41) is 3.36. The Labute approximate surface area is 145 Å². The highest BCUT2D eigenvalue weighted by atomic mass is 35.5. The van der Waals surface area contributed by atoms with Crippen molar-refractivity contribution in [2.75, 3.05) is 19.6 Å². The lowest BCUT2D eigenvalue weighted by Crippen LogP contribution is -2.49. The van der Waals surface area contributed by atoms with E-state index in [9.17, 15) is 8.42 Å². The predicted octanol–water partition coefficient (Wildman–Crippen LogP) is 2.00. The van der Waals surface area contributed by atoms with Crippen LogP contribution in [0.15, 0.2) is 30.3 Å². The second-order valence-electron chi connectivity index (χ2n) is 6.13. The molecule has 2 heterocycles. The smallest absolute Gasteiger partial charge is 0.282 e. The summed E-state index contributed by atoms with van der Waals surface area (Å²) in [7, 11) is -3.40. The lowest BCUT2D eigenvalue weighted by atomic mass is 10.1. The third-order valence-electron chi connectivity index (χ3n) is 4.73. The highest BCUT2D eigenvalue weighted by Gasteiger charge is 2.44. The number of nitrogens with zero attached hydrogens (tertiary/aromatic N) is 2. The van der Waals surface area contributed by atoms with Crippen LogP contribution in [0.3, 0.4) is 0 Å². The molecule has 130 valence electrons. The van der Waals surface area contributed by atoms with Crippen LogP contribution in [0.5, 0.6) is 0 Å². The molecule has 5 nitrogen and oxygen atoms in total. The fraction of sp³-hybridized carbons (Fsp3) is 0.625. The topological polar surface area (TPSA) is 52.7 Å². The molecule has 0 radical (unpaired) electrons. The zero-order valence-electron chi connectivity index (χ0n) is 13.5. The van der Waals surface area contributed by atoms with Crippen molar-refractivity contribution in [2.45, 2.75) is 44.8 Å². The van der Waals surface area contributed by atoms with Gasteiger partial charge in [-0.25, -0.2) is 0 Å². The van der Waals surface area contributed by atoms with Crippen molar-refractivity contribution in [2.24, 2.45) is 0 Å². The van der Waals surface area contributed by atoms with Crippen molar-refractivity contribution >= 4 is 22.6 Å². The molecule has 2 atom stereocenters. The van der Waals surface area contributed by atoms with Crippen LogP contribution in [0.25, 0.3) is 0 Å². The van der Waals surface area contributed by atoms with E-state index in [0.29, 0.717) is 13.1 Å². The summed E-state index contributed by atoms with van der Waals surface area (Å²) in [6.07, 6.45) is 2.88. The largest absolute Gasteiger partial charge is 0.315 e. The number of benzene rings is 1. The zero-order chi connectivity index (χ0) is 15.6. The van der Waals surface area contributed by atoms with Gasteiger partial charge in [0.15, 0.2) is 0 Å². The fourth-order valence-corrected chi connectivity index (χ4v) is 5.64. The molecule has 0 saturated carbocycles. The second-order valence-corrected chi connectivity index (χ2v) is 7.96. The van der Waals surface area contributed by atoms with Crippen LogP contribution in [-0.2, 0) is 16.8 Å². The van der Waals surface area contributed by atoms with E-state index >= 15 is 0 Å². The highest BCUT2D eigenvalue weighted by molar-refractivity contribution is 7.86. The van der Waals surface area contributed by atoms with E-state index in [0.717, 1.165) is 37.9 Å². The van der Waals surface area contributed by atoms with Gasteiger partial charge in [0.2, 0.25) is 0 Å². The molecule has 1 N–H and O–H groups in total. The average Bonchev–Trinajstić information content (AvgIpc) is 2.79. The van der Waals surface area contributed by atoms with Gasteiger partial charge < -0.3 is 5.32 Å². The molecule has 0 spiro atoms. The Bertz CT molecular complexity index is 583. The molecule has 2 aliphatic heterocycles. The molecule has 2 unspecified atom stereocenters. The molecule has 0 aliphatic carbocycles. The van der Waals surface area contributed by atoms with Gasteiger partial charge >= 0.3 is 0 Å². The Balaban J connectivity index is 0.00000192. The molecule has 1 aromatic rings. The van der Waals surface area contributed by atoms with Crippen molar-refractivity contribution in [1.29, 1.82) is 0 Å². The standard InChI is InChI=1S/C16H25N3O2S.ClH/c1-2-18(13-14-6-4-3-5-7-14)22(20,21)19-15-8-9-16(19)12-17-11-10-15;/h3-7,15-17H,2,8-13H2,1H3;1H. The highest BCUT2D eigenvalue weighted by Crippen LogP contribution is 2.32. The molecule has 2 saturated heterocycles. The summed E-state index contributed by atoms with van der Waals surface area (Å²) in [6.45, 7) is 4.55. The third kappa shape index (κ3) is 3.88. The van der Waals surface area contributed by atoms with E-state index in [1.165, 1.54) is 0 Å². The summed E-state index contributed by atoms with van der Waals surface area (Å²) >= 11 is 0. The van der Waals surface area contributed by atoms with Crippen molar-refractivity contribution in [3.63, 3.8) is 0 Å². The van der Waals surface area contributed by atoms with Gasteiger partial charge in [0.1, 0.15) is 0 Å². The first-order valence-corrected chi connectivity index (χ1v) is 9.56. The molecule has 3 rings (SSSR count). The molecule has 2 aliphatic rings. The maximum Gasteiger partial charge on any atom is 0.282 e. The minimum Gasteiger partial charge on any atom is -0.315 e. The quantitative estimate of drug-likeness (QED) is 0.874. The Morgan fingerprint density at radius 1 is 1.17 bits per heavy atom. The van der Waals surface area contributed by atoms with Gasteiger partial charge in [0.05, 0.1) is 0 Å². The normalized spacial score (nSPS) is 25.1. The number of halogens is 1. The van der Waals surface area contributed by atoms with E-state index in [1.807, 2.05) is 37.3 Å². The first-order chi connectivity index (χ1) is 10.6. The van der Waals surface area contributed by atoms with Gasteiger partial charge in [-0.2, -0.15) is 17.0 Å². The van der Waals surface area contributed by atoms with Gasteiger partial charge in [-0.05, 0) is 31.4 Å². The maximum absolute atomic E-state index is 13.2. The van der Waals surface area contributed by atoms with E-state index in [4.69, 9.17) is 0 Å². The van der Waals surface area contributed by atoms with E-state index in [-0.39, 0.29) is 24.5 Å². The molecular formula is C16H26ClN3O2S. The van der Waals surface area contributed by atoms with Crippen molar-refractivity contribution < 1.29 is 8.42 Å². The minimum atomic E-state index is -3.40. The Kier molecular flexibility index (Phi) is 6.45. The van der Waals surface area contributed by atoms with Crippen molar-refractivity contribution in [3.8, 4) is 0 Å². The number of hydrogen-bond donors (Lipinski definition) is 1. The summed E-state index contributed by atoms with van der Waals surface area (Å²) in [5.74, 6) is 0. The predicted molar refractivity (Wildman–Crippen MR) is 94.8 cm³/mol. The molecule has 0 aromatic heterocycles. The summed E-state index contributed by atoms with van der Waals surface area (Å²) in [4.78, 5) is 0. The van der Waals surface area contributed by atoms with Crippen LogP contribution >= 0.6 is 12.4 Å². The minimum absolute atomic E-state index is 0. The molecule has 2 fully saturated rings. The zero-order valence-corrected chi connectivity index (χ0v) is 15.2. The average molecular weight is 360 g/mol. The van der Waals surface area contributed by atoms with Crippen LogP contribution < -0.4 is 5.32 Å². The van der Waals surface area contributed by atoms with Crippen LogP contribution in [0.1, 0.15) is 31.7 Å². The van der Waals surface area contributed by atoms with E-state index < -0.39 is 10.2 Å². The van der Waals surface area contributed by atoms with Gasteiger partial charge in [0.25, 0.3) is 10.2 Å². The lowest BCUT2D eigenvalue weighted by molar-refractivity contribution is 0.290. The lowest BCUT2D eigenvalue weighted by Gasteiger charge is -2.32. The monoisotopic (exact) mass is 359 g/mol. The second kappa shape index (κ2) is 7.94. The maximum atomic E-state index is 13.2. The Morgan fingerprint density at radius 3 is 2.57 bits per heavy atom. The first-order valence-electron chi connectivity index (χ1n) is 8.16. The van der Waals surface area contributed by atoms with Gasteiger partial charge in [-0.3, -0.25) is 0 Å². The molecule has 2 bridgehead atoms. The number of nitrogens with one attached hydrogen (secondary N) is 1. The van der Waals surface area contributed by atoms with Crippen LogP contribution in [-0.4, -0.2) is 48.7 Å². The van der Waals surface area contributed by atoms with Crippen LogP contribution in [0.4, 0.5) is 0 Å². The van der Waals surface area contributed by atoms with Crippen molar-refractivity contribution in [1.82, 2.24) is 13.9 Å². The summed E-state index contributed by atoms with van der Waals surface area (Å²) < 4.78 is 29.7. The SMILES string of the molecule is CCN(Cc1ccccc1)S(=O)(=O)N1C2CCNCC1CC2.Cl. The van der Waals surface area contributed by atoms with Crippen LogP contribution in [0.2, 0.25) is 0 Å². The fourth-order valence-electron chi connectivity index (χ4n) is 3.59. The van der Waals surface area contributed by atoms with Gasteiger partial charge in [0, 0.05) is 31.7 Å². The van der Waals surface area contributed by atoms with E-state index in [2.05, 4.69) is 5.32 Å². The Hall–Kier alpha value is -0.660. The molecule has 1 aromatic carbocycles. The molecule has 7 heteroatoms. The third-order valence-corrected chi connectivity index (χ3v) is 6.90. The Morgan fingerprint density at radius 2 is 1.87 bits per heavy atom. The molecular weight excluding hydrogens is 334 g/mol. The first kappa shape index (κ1) is 18.7. The number of hydrogen-bond acceptors (Lipinski definition) is 3. The molecule has 23 heavy (non-hydrogen) atoms. The summed E-state index contributed by atoms with van der Waals surface area (Å²) in [5.41, 5.74) is 1.04. The number of fused-ring (bicyclic) bond motifs is 2. The van der Waals surface area contributed by atoms with Gasteiger partial charge in [-0.1, -0.05) is 37.3 Å². The van der Waals surface area contributed by atoms with Crippen LogP contribution in [0, 0.1) is 0 Å². The van der Waals surface area contributed by atoms with Gasteiger partial charge in [-0.15, -0.1) is 12.4 Å². The van der Waals surface area contributed by atoms with E-state index in [1.54, 1.807) is 8.61 Å². The number of rotatable bonds is 5. The van der Waals surface area contributed by atoms with Crippen molar-refractivity contribution in [3.05, 3.63) is 35.9 Å². The summed E-state index contributed by atoms with van der Waals surface area (Å²) in [6, 6.07) is 10.1. The molecule has 0 amide bonds.